The number of hydrogen-bond donors (Lipinski definition) is 1. The first-order valence-electron chi connectivity index (χ1n) is 15.5. The Morgan fingerprint density at radius 3 is 1.42 bits per heavy atom. The molecule has 0 radical (unpaired) electrons. The molecule has 0 fully saturated rings. The second-order valence-electron chi connectivity index (χ2n) is 9.47. The minimum absolute atomic E-state index is 0.247. The summed E-state index contributed by atoms with van der Waals surface area (Å²) in [4.78, 5) is 48.2. The number of thiophene rings is 3. The van der Waals surface area contributed by atoms with Crippen LogP contribution in [0.15, 0.2) is 113 Å². The molecule has 0 aromatic carbocycles. The lowest BCUT2D eigenvalue weighted by Gasteiger charge is -1.95. The molecule has 6 heterocycles. The van der Waals surface area contributed by atoms with Crippen molar-refractivity contribution in [2.24, 2.45) is 0 Å². The first-order valence-corrected chi connectivity index (χ1v) is 18.7. The average Bonchev–Trinajstić information content (AvgIpc) is 3.97. The van der Waals surface area contributed by atoms with Gasteiger partial charge in [0.15, 0.2) is 0 Å². The maximum absolute atomic E-state index is 11.5. The minimum Gasteiger partial charge on any atom is -0.477 e. The van der Waals surface area contributed by atoms with E-state index in [4.69, 9.17) is 21.0 Å². The number of ether oxygens (including phenoxy) is 2. The van der Waals surface area contributed by atoms with Gasteiger partial charge in [-0.3, -0.25) is 0 Å². The third kappa shape index (κ3) is 15.9. The van der Waals surface area contributed by atoms with Crippen LogP contribution in [-0.2, 0) is 9.47 Å². The molecule has 0 aliphatic carbocycles. The highest BCUT2D eigenvalue weighted by atomic mass is 79.9. The van der Waals surface area contributed by atoms with Gasteiger partial charge in [0.2, 0.25) is 0 Å². The SMILES string of the molecule is C#Cc1ccccn1.CCOC(=O)c1ccc(Br)s1.CCOC(=O)c1ccc(C#Cc2ccccn2)s1.O=C(O)c1ccc(C#Cc2ccccn2)s1. The summed E-state index contributed by atoms with van der Waals surface area (Å²) >= 11 is 7.12. The van der Waals surface area contributed by atoms with Crippen LogP contribution in [-0.4, -0.2) is 51.2 Å². The molecule has 266 valence electrons. The molecule has 0 bridgehead atoms. The maximum Gasteiger partial charge on any atom is 0.348 e. The number of aromatic carboxylic acids is 1. The summed E-state index contributed by atoms with van der Waals surface area (Å²) in [5.74, 6) is 12.6. The Balaban J connectivity index is 0.000000198. The van der Waals surface area contributed by atoms with Crippen molar-refractivity contribution in [3.8, 4) is 36.0 Å². The Labute approximate surface area is 327 Å². The summed E-state index contributed by atoms with van der Waals surface area (Å²) < 4.78 is 10.7. The van der Waals surface area contributed by atoms with Crippen LogP contribution in [0.1, 0.15) is 69.7 Å². The number of aromatic nitrogens is 3. The molecule has 0 amide bonds. The lowest BCUT2D eigenvalue weighted by Crippen LogP contribution is -2.01. The molecular formula is C40H30BrN3O6S3. The predicted molar refractivity (Wildman–Crippen MR) is 212 cm³/mol. The monoisotopic (exact) mass is 823 g/mol. The molecule has 13 heteroatoms. The molecule has 53 heavy (non-hydrogen) atoms. The average molecular weight is 825 g/mol. The molecule has 6 aromatic heterocycles. The van der Waals surface area contributed by atoms with Gasteiger partial charge in [-0.15, -0.1) is 40.4 Å². The topological polar surface area (TPSA) is 129 Å². The van der Waals surface area contributed by atoms with E-state index in [0.29, 0.717) is 44.9 Å². The molecule has 0 aliphatic heterocycles. The number of halogens is 1. The molecule has 0 saturated carbocycles. The van der Waals surface area contributed by atoms with Crippen molar-refractivity contribution < 1.29 is 29.0 Å². The van der Waals surface area contributed by atoms with Gasteiger partial charge in [-0.2, -0.15) is 0 Å². The molecule has 0 spiro atoms. The number of carboxylic acids is 1. The molecule has 9 nitrogen and oxygen atoms in total. The summed E-state index contributed by atoms with van der Waals surface area (Å²) in [6, 6.07) is 26.9. The van der Waals surface area contributed by atoms with Gasteiger partial charge in [0.1, 0.15) is 31.7 Å². The van der Waals surface area contributed by atoms with Gasteiger partial charge in [-0.25, -0.2) is 29.3 Å². The number of carbonyl (C=O) groups excluding carboxylic acids is 2. The fraction of sp³-hybridized carbons (Fsp3) is 0.100. The number of carboxylic acid groups (broad SMARTS) is 1. The van der Waals surface area contributed by atoms with Gasteiger partial charge in [0.05, 0.1) is 26.8 Å². The summed E-state index contributed by atoms with van der Waals surface area (Å²) in [6.07, 6.45) is 10.1. The Bertz CT molecular complexity index is 2220. The largest absolute Gasteiger partial charge is 0.477 e. The highest BCUT2D eigenvalue weighted by molar-refractivity contribution is 9.11. The highest BCUT2D eigenvalue weighted by Crippen LogP contribution is 2.22. The number of esters is 2. The van der Waals surface area contributed by atoms with Crippen LogP contribution in [0.4, 0.5) is 0 Å². The van der Waals surface area contributed by atoms with Crippen LogP contribution < -0.4 is 0 Å². The van der Waals surface area contributed by atoms with E-state index in [2.05, 4.69) is 60.5 Å². The van der Waals surface area contributed by atoms with Crippen LogP contribution in [0.2, 0.25) is 0 Å². The molecule has 0 saturated heterocycles. The van der Waals surface area contributed by atoms with Gasteiger partial charge in [-0.1, -0.05) is 24.1 Å². The van der Waals surface area contributed by atoms with Crippen molar-refractivity contribution in [2.45, 2.75) is 13.8 Å². The Morgan fingerprint density at radius 2 is 1.06 bits per heavy atom. The van der Waals surface area contributed by atoms with Crippen molar-refractivity contribution in [2.75, 3.05) is 13.2 Å². The van der Waals surface area contributed by atoms with Gasteiger partial charge in [0.25, 0.3) is 0 Å². The molecule has 0 unspecified atom stereocenters. The van der Waals surface area contributed by atoms with Crippen LogP contribution in [0.3, 0.4) is 0 Å². The minimum atomic E-state index is -0.920. The lowest BCUT2D eigenvalue weighted by atomic mass is 10.3. The third-order valence-electron chi connectivity index (χ3n) is 5.72. The van der Waals surface area contributed by atoms with E-state index in [-0.39, 0.29) is 11.9 Å². The second kappa shape index (κ2) is 23.6. The predicted octanol–water partition coefficient (Wildman–Crippen LogP) is 8.71. The summed E-state index contributed by atoms with van der Waals surface area (Å²) in [7, 11) is 0. The van der Waals surface area contributed by atoms with E-state index in [0.717, 1.165) is 24.9 Å². The normalized spacial score (nSPS) is 9.17. The Kier molecular flexibility index (Phi) is 18.5. The van der Waals surface area contributed by atoms with E-state index in [1.54, 1.807) is 68.8 Å². The second-order valence-corrected chi connectivity index (χ2v) is 14.1. The van der Waals surface area contributed by atoms with Crippen LogP contribution in [0.5, 0.6) is 0 Å². The maximum atomic E-state index is 11.5. The van der Waals surface area contributed by atoms with Crippen molar-refractivity contribution in [3.05, 3.63) is 155 Å². The molecule has 6 aromatic rings. The smallest absolute Gasteiger partial charge is 0.348 e. The molecular weight excluding hydrogens is 795 g/mol. The third-order valence-corrected chi connectivity index (χ3v) is 9.29. The van der Waals surface area contributed by atoms with Crippen molar-refractivity contribution >= 4 is 67.8 Å². The van der Waals surface area contributed by atoms with Crippen LogP contribution in [0.25, 0.3) is 0 Å². The number of carbonyl (C=O) groups is 3. The lowest BCUT2D eigenvalue weighted by molar-refractivity contribution is 0.0522. The molecule has 6 rings (SSSR count). The van der Waals surface area contributed by atoms with Crippen LogP contribution in [0, 0.1) is 36.0 Å². The van der Waals surface area contributed by atoms with Crippen molar-refractivity contribution in [1.29, 1.82) is 0 Å². The van der Waals surface area contributed by atoms with Gasteiger partial charge < -0.3 is 14.6 Å². The van der Waals surface area contributed by atoms with E-state index in [1.807, 2.05) is 54.6 Å². The summed E-state index contributed by atoms with van der Waals surface area (Å²) in [6.45, 7) is 4.38. The number of hydrogen-bond acceptors (Lipinski definition) is 11. The van der Waals surface area contributed by atoms with Crippen molar-refractivity contribution in [3.63, 3.8) is 0 Å². The Hall–Kier alpha value is -5.88. The number of rotatable bonds is 5. The number of pyridine rings is 3. The van der Waals surface area contributed by atoms with Crippen LogP contribution >= 0.6 is 49.9 Å². The van der Waals surface area contributed by atoms with E-state index < -0.39 is 5.97 Å². The van der Waals surface area contributed by atoms with Gasteiger partial charge in [0, 0.05) is 18.6 Å². The summed E-state index contributed by atoms with van der Waals surface area (Å²) in [5.41, 5.74) is 2.07. The standard InChI is InChI=1S/C14H11NO2S.C12H7NO2S.C7H7BrO2S.C7H5N/c1-2-17-14(16)13-9-8-12(18-13)7-6-11-5-3-4-10-15-11;14-12(15)11-7-6-10(16-11)5-4-9-3-1-2-8-13-9;1-2-10-7(9)5-3-4-6(8)11-5;1-2-7-5-3-4-6-8-7/h3-5,8-10H,2H2,1H3;1-3,6-8H,(H,14,15);3-4H,2H2,1H3;1,3-6H. The zero-order valence-electron chi connectivity index (χ0n) is 28.3. The fourth-order valence-electron chi connectivity index (χ4n) is 3.44. The quantitative estimate of drug-likeness (QED) is 0.134. The van der Waals surface area contributed by atoms with Gasteiger partial charge >= 0.3 is 17.9 Å². The van der Waals surface area contributed by atoms with Crippen molar-refractivity contribution in [1.82, 2.24) is 15.0 Å². The van der Waals surface area contributed by atoms with E-state index in [9.17, 15) is 14.4 Å². The molecule has 0 aliphatic rings. The first-order chi connectivity index (χ1) is 25.7. The van der Waals surface area contributed by atoms with Gasteiger partial charge in [-0.05, 0) is 126 Å². The highest BCUT2D eigenvalue weighted by Gasteiger charge is 2.09. The number of nitrogens with zero attached hydrogens (tertiary/aromatic N) is 3. The fourth-order valence-corrected chi connectivity index (χ4v) is 6.17. The Morgan fingerprint density at radius 1 is 0.623 bits per heavy atom. The molecule has 1 N–H and O–H groups in total. The first kappa shape index (κ1) is 41.5. The zero-order chi connectivity index (χ0) is 38.3. The molecule has 0 atom stereocenters. The summed E-state index contributed by atoms with van der Waals surface area (Å²) in [5, 5.41) is 8.73. The number of terminal acetylenes is 1. The zero-order valence-corrected chi connectivity index (χ0v) is 32.4. The van der Waals surface area contributed by atoms with E-state index >= 15 is 0 Å². The van der Waals surface area contributed by atoms with E-state index in [1.165, 1.54) is 22.7 Å².